The third-order valence-corrected chi connectivity index (χ3v) is 5.04. The van der Waals surface area contributed by atoms with Crippen LogP contribution < -0.4 is 0 Å². The van der Waals surface area contributed by atoms with Gasteiger partial charge >= 0.3 is 0 Å². The fraction of sp³-hybridized carbons (Fsp3) is 0.429. The number of hydrogen-bond donors (Lipinski definition) is 0. The van der Waals surface area contributed by atoms with Crippen molar-refractivity contribution in [1.29, 1.82) is 0 Å². The minimum atomic E-state index is -1.30. The van der Waals surface area contributed by atoms with E-state index in [9.17, 15) is 4.39 Å². The summed E-state index contributed by atoms with van der Waals surface area (Å²) in [5, 5.41) is 1.31. The van der Waals surface area contributed by atoms with Crippen LogP contribution in [-0.2, 0) is 32.2 Å². The molecule has 1 unspecified atom stereocenters. The fourth-order valence-electron chi connectivity index (χ4n) is 3.07. The van der Waals surface area contributed by atoms with Crippen LogP contribution in [0.2, 0.25) is 10.0 Å². The summed E-state index contributed by atoms with van der Waals surface area (Å²) in [6.07, 6.45) is -3.23. The molecule has 152 valence electrons. The number of ether oxygens (including phenoxy) is 4. The zero-order chi connectivity index (χ0) is 19.9. The minimum Gasteiger partial charge on any atom is -0.382 e. The van der Waals surface area contributed by atoms with Crippen LogP contribution >= 0.6 is 23.2 Å². The van der Waals surface area contributed by atoms with Gasteiger partial charge in [0.2, 0.25) is 0 Å². The monoisotopic (exact) mass is 428 g/mol. The third kappa shape index (κ3) is 5.89. The van der Waals surface area contributed by atoms with Gasteiger partial charge in [0.15, 0.2) is 6.17 Å². The van der Waals surface area contributed by atoms with Crippen LogP contribution in [0.1, 0.15) is 11.1 Å². The number of alkyl halides is 1. The number of hydrogen-bond acceptors (Lipinski definition) is 4. The van der Waals surface area contributed by atoms with Crippen molar-refractivity contribution in [3.05, 3.63) is 69.7 Å². The molecule has 7 heteroatoms. The highest BCUT2D eigenvalue weighted by molar-refractivity contribution is 6.30. The second-order valence-corrected chi connectivity index (χ2v) is 7.53. The van der Waals surface area contributed by atoms with Crippen molar-refractivity contribution in [2.45, 2.75) is 37.7 Å². The van der Waals surface area contributed by atoms with E-state index in [0.29, 0.717) is 16.7 Å². The van der Waals surface area contributed by atoms with Gasteiger partial charge in [-0.05, 0) is 35.4 Å². The SMILES string of the molecule is COCC1O[C@H](COCc2ccc(Cl)cc2)[C@@H](OCc2ccc(Cl)cc2)[C@@H]1F. The lowest BCUT2D eigenvalue weighted by Crippen LogP contribution is -2.35. The first-order chi connectivity index (χ1) is 13.6. The molecule has 0 radical (unpaired) electrons. The largest absolute Gasteiger partial charge is 0.382 e. The van der Waals surface area contributed by atoms with Crippen molar-refractivity contribution in [2.75, 3.05) is 20.3 Å². The topological polar surface area (TPSA) is 36.9 Å². The molecule has 3 rings (SSSR count). The number of benzene rings is 2. The van der Waals surface area contributed by atoms with E-state index in [0.717, 1.165) is 11.1 Å². The molecule has 0 N–H and O–H groups in total. The van der Waals surface area contributed by atoms with Gasteiger partial charge in [0, 0.05) is 17.2 Å². The molecular formula is C21H23Cl2FO4. The van der Waals surface area contributed by atoms with E-state index in [1.54, 1.807) is 24.3 Å². The van der Waals surface area contributed by atoms with E-state index >= 15 is 0 Å². The average Bonchev–Trinajstić information content (AvgIpc) is 2.98. The van der Waals surface area contributed by atoms with Gasteiger partial charge in [-0.15, -0.1) is 0 Å². The van der Waals surface area contributed by atoms with Crippen LogP contribution in [0.4, 0.5) is 4.39 Å². The maximum atomic E-state index is 14.8. The standard InChI is InChI=1S/C21H23Cl2FO4/c1-25-12-18-20(24)21(27-11-15-4-8-17(23)9-5-15)19(28-18)13-26-10-14-2-6-16(22)7-3-14/h2-9,18-21H,10-13H2,1H3/t18?,19-,20-,21-/m1/s1. The summed E-state index contributed by atoms with van der Waals surface area (Å²) in [4.78, 5) is 0. The van der Waals surface area contributed by atoms with Crippen molar-refractivity contribution in [3.63, 3.8) is 0 Å². The lowest BCUT2D eigenvalue weighted by atomic mass is 10.1. The highest BCUT2D eigenvalue weighted by Gasteiger charge is 2.46. The average molecular weight is 429 g/mol. The summed E-state index contributed by atoms with van der Waals surface area (Å²) in [5.74, 6) is 0. The molecular weight excluding hydrogens is 406 g/mol. The molecule has 0 aliphatic carbocycles. The minimum absolute atomic E-state index is 0.162. The van der Waals surface area contributed by atoms with Gasteiger partial charge in [-0.3, -0.25) is 0 Å². The highest BCUT2D eigenvalue weighted by Crippen LogP contribution is 2.28. The zero-order valence-corrected chi connectivity index (χ0v) is 17.0. The molecule has 1 aliphatic rings. The lowest BCUT2D eigenvalue weighted by Gasteiger charge is -2.20. The van der Waals surface area contributed by atoms with Gasteiger partial charge < -0.3 is 18.9 Å². The summed E-state index contributed by atoms with van der Waals surface area (Å²) >= 11 is 11.8. The number of halogens is 3. The van der Waals surface area contributed by atoms with Crippen LogP contribution in [-0.4, -0.2) is 44.8 Å². The first kappa shape index (κ1) is 21.5. The maximum absolute atomic E-state index is 14.8. The number of rotatable bonds is 9. The molecule has 28 heavy (non-hydrogen) atoms. The molecule has 1 heterocycles. The van der Waals surface area contributed by atoms with Crippen LogP contribution in [0.3, 0.4) is 0 Å². The predicted octanol–water partition coefficient (Wildman–Crippen LogP) is 4.85. The Labute approximate surface area is 174 Å². The van der Waals surface area contributed by atoms with Gasteiger partial charge in [-0.1, -0.05) is 47.5 Å². The molecule has 0 spiro atoms. The fourth-order valence-corrected chi connectivity index (χ4v) is 3.32. The van der Waals surface area contributed by atoms with Crippen molar-refractivity contribution < 1.29 is 23.3 Å². The summed E-state index contributed by atoms with van der Waals surface area (Å²) in [5.41, 5.74) is 1.89. The Morgan fingerprint density at radius 3 is 2.00 bits per heavy atom. The first-order valence-corrected chi connectivity index (χ1v) is 9.79. The maximum Gasteiger partial charge on any atom is 0.157 e. The second-order valence-electron chi connectivity index (χ2n) is 6.66. The van der Waals surface area contributed by atoms with Crippen LogP contribution in [0, 0.1) is 0 Å². The van der Waals surface area contributed by atoms with Crippen LogP contribution in [0.5, 0.6) is 0 Å². The Balaban J connectivity index is 1.57. The number of methoxy groups -OCH3 is 1. The van der Waals surface area contributed by atoms with E-state index < -0.39 is 24.5 Å². The van der Waals surface area contributed by atoms with E-state index in [4.69, 9.17) is 42.1 Å². The molecule has 0 aromatic heterocycles. The van der Waals surface area contributed by atoms with Gasteiger partial charge in [-0.2, -0.15) is 0 Å². The molecule has 2 aromatic carbocycles. The van der Waals surface area contributed by atoms with E-state index in [2.05, 4.69) is 0 Å². The van der Waals surface area contributed by atoms with E-state index in [-0.39, 0.29) is 19.8 Å². The predicted molar refractivity (Wildman–Crippen MR) is 107 cm³/mol. The van der Waals surface area contributed by atoms with Gasteiger partial charge in [0.1, 0.15) is 18.3 Å². The van der Waals surface area contributed by atoms with E-state index in [1.165, 1.54) is 7.11 Å². The Morgan fingerprint density at radius 1 is 0.857 bits per heavy atom. The Hall–Kier alpha value is -1.21. The van der Waals surface area contributed by atoms with Gasteiger partial charge in [0.05, 0.1) is 26.4 Å². The summed E-state index contributed by atoms with van der Waals surface area (Å²) in [7, 11) is 1.52. The van der Waals surface area contributed by atoms with Crippen molar-refractivity contribution in [2.24, 2.45) is 0 Å². The molecule has 1 fully saturated rings. The van der Waals surface area contributed by atoms with Crippen LogP contribution in [0.15, 0.2) is 48.5 Å². The molecule has 1 saturated heterocycles. The van der Waals surface area contributed by atoms with Crippen molar-refractivity contribution in [1.82, 2.24) is 0 Å². The molecule has 0 amide bonds. The quantitative estimate of drug-likeness (QED) is 0.571. The molecule has 4 atom stereocenters. The van der Waals surface area contributed by atoms with Gasteiger partial charge in [-0.25, -0.2) is 4.39 Å². The smallest absolute Gasteiger partial charge is 0.157 e. The van der Waals surface area contributed by atoms with E-state index in [1.807, 2.05) is 24.3 Å². The molecule has 1 aliphatic heterocycles. The Kier molecular flexibility index (Phi) is 8.09. The normalized spacial score (nSPS) is 24.6. The Bertz CT molecular complexity index is 726. The van der Waals surface area contributed by atoms with Crippen molar-refractivity contribution in [3.8, 4) is 0 Å². The Morgan fingerprint density at radius 2 is 1.43 bits per heavy atom. The molecule has 2 aromatic rings. The third-order valence-electron chi connectivity index (χ3n) is 4.54. The zero-order valence-electron chi connectivity index (χ0n) is 15.5. The summed E-state index contributed by atoms with van der Waals surface area (Å²) < 4.78 is 37.3. The lowest BCUT2D eigenvalue weighted by molar-refractivity contribution is -0.0794. The first-order valence-electron chi connectivity index (χ1n) is 9.03. The summed E-state index contributed by atoms with van der Waals surface area (Å²) in [6, 6.07) is 14.6. The second kappa shape index (κ2) is 10.5. The molecule has 0 bridgehead atoms. The van der Waals surface area contributed by atoms with Gasteiger partial charge in [0.25, 0.3) is 0 Å². The molecule has 4 nitrogen and oxygen atoms in total. The highest BCUT2D eigenvalue weighted by atomic mass is 35.5. The summed E-state index contributed by atoms with van der Waals surface area (Å²) in [6.45, 7) is 1.02. The van der Waals surface area contributed by atoms with Crippen molar-refractivity contribution >= 4 is 23.2 Å². The van der Waals surface area contributed by atoms with Crippen LogP contribution in [0.25, 0.3) is 0 Å². The molecule has 0 saturated carbocycles.